The monoisotopic (exact) mass is 296 g/mol. The predicted molar refractivity (Wildman–Crippen MR) is 82.5 cm³/mol. The smallest absolute Gasteiger partial charge is 0.341 e. The summed E-state index contributed by atoms with van der Waals surface area (Å²) in [5.41, 5.74) is 1.67. The Morgan fingerprint density at radius 2 is 2.00 bits per heavy atom. The molecule has 22 heavy (non-hydrogen) atoms. The van der Waals surface area contributed by atoms with Gasteiger partial charge in [0.05, 0.1) is 0 Å². The zero-order valence-electron chi connectivity index (χ0n) is 11.8. The van der Waals surface area contributed by atoms with E-state index in [0.717, 1.165) is 11.1 Å². The first-order chi connectivity index (χ1) is 10.6. The van der Waals surface area contributed by atoms with Gasteiger partial charge in [0.25, 0.3) is 5.56 Å². The summed E-state index contributed by atoms with van der Waals surface area (Å²) in [6.45, 7) is 1.80. The van der Waals surface area contributed by atoms with Gasteiger partial charge in [-0.2, -0.15) is 0 Å². The molecule has 0 aliphatic rings. The average molecular weight is 296 g/mol. The molecule has 1 N–H and O–H groups in total. The van der Waals surface area contributed by atoms with Crippen molar-refractivity contribution >= 4 is 16.8 Å². The van der Waals surface area contributed by atoms with E-state index in [0.29, 0.717) is 23.1 Å². The highest BCUT2D eigenvalue weighted by atomic mass is 16.4. The Hall–Kier alpha value is -3.02. The Kier molecular flexibility index (Phi) is 3.42. The van der Waals surface area contributed by atoms with Gasteiger partial charge in [-0.15, -0.1) is 4.91 Å². The summed E-state index contributed by atoms with van der Waals surface area (Å²) in [6, 6.07) is 9.75. The summed E-state index contributed by atoms with van der Waals surface area (Å²) in [6.07, 6.45) is 0.326. The number of nitroso groups, excluding NO2 is 1. The third-order valence-corrected chi connectivity index (χ3v) is 3.58. The lowest BCUT2D eigenvalue weighted by molar-refractivity contribution is 0.539. The van der Waals surface area contributed by atoms with Crippen molar-refractivity contribution in [2.24, 2.45) is 5.18 Å². The van der Waals surface area contributed by atoms with Gasteiger partial charge >= 0.3 is 5.63 Å². The maximum atomic E-state index is 12.2. The predicted octanol–water partition coefficient (Wildman–Crippen LogP) is 2.78. The standard InChI is InChI=1S/C16H12N2O4/c1-9-12-5-6-14(19)17-15(12)22-16(20)13(9)8-10-3-2-4-11(7-10)18-21/h2-7H,8H2,1H3,(H,17,19). The number of nitrogens with one attached hydrogen (secondary N) is 1. The molecule has 0 bridgehead atoms. The lowest BCUT2D eigenvalue weighted by Crippen LogP contribution is -2.13. The fourth-order valence-corrected chi connectivity index (χ4v) is 2.43. The number of rotatable bonds is 3. The summed E-state index contributed by atoms with van der Waals surface area (Å²) < 4.78 is 5.19. The van der Waals surface area contributed by atoms with E-state index in [1.54, 1.807) is 31.2 Å². The Balaban J connectivity index is 2.14. The van der Waals surface area contributed by atoms with E-state index in [1.807, 2.05) is 6.07 Å². The van der Waals surface area contributed by atoms with Crippen molar-refractivity contribution in [1.29, 1.82) is 0 Å². The van der Waals surface area contributed by atoms with Crippen molar-refractivity contribution in [3.8, 4) is 0 Å². The van der Waals surface area contributed by atoms with Gasteiger partial charge in [0, 0.05) is 23.4 Å². The van der Waals surface area contributed by atoms with E-state index >= 15 is 0 Å². The number of aromatic nitrogens is 1. The molecule has 0 aliphatic heterocycles. The summed E-state index contributed by atoms with van der Waals surface area (Å²) >= 11 is 0. The van der Waals surface area contributed by atoms with Crippen molar-refractivity contribution < 1.29 is 4.42 Å². The molecule has 0 fully saturated rings. The van der Waals surface area contributed by atoms with Gasteiger partial charge in [-0.1, -0.05) is 12.1 Å². The van der Waals surface area contributed by atoms with Gasteiger partial charge in [-0.25, -0.2) is 4.79 Å². The van der Waals surface area contributed by atoms with Gasteiger partial charge in [-0.05, 0) is 41.4 Å². The lowest BCUT2D eigenvalue weighted by atomic mass is 10.0. The Morgan fingerprint density at radius 3 is 2.77 bits per heavy atom. The molecule has 6 heteroatoms. The molecular weight excluding hydrogens is 284 g/mol. The number of nitrogens with zero attached hydrogens (tertiary/aromatic N) is 1. The van der Waals surface area contributed by atoms with Crippen LogP contribution in [0.2, 0.25) is 0 Å². The number of hydrogen-bond acceptors (Lipinski definition) is 5. The minimum absolute atomic E-state index is 0.169. The second kappa shape index (κ2) is 5.40. The molecule has 0 amide bonds. The lowest BCUT2D eigenvalue weighted by Gasteiger charge is -2.07. The number of H-pyrrole nitrogens is 1. The highest BCUT2D eigenvalue weighted by Gasteiger charge is 2.12. The van der Waals surface area contributed by atoms with Crippen molar-refractivity contribution in [2.45, 2.75) is 13.3 Å². The van der Waals surface area contributed by atoms with Gasteiger partial charge < -0.3 is 4.42 Å². The topological polar surface area (TPSA) is 92.5 Å². The molecule has 2 heterocycles. The molecule has 3 aromatic rings. The summed E-state index contributed by atoms with van der Waals surface area (Å²) in [5.74, 6) is 0. The molecule has 0 saturated carbocycles. The van der Waals surface area contributed by atoms with Gasteiger partial charge in [0.1, 0.15) is 5.69 Å². The Labute approximate surface area is 124 Å². The van der Waals surface area contributed by atoms with Crippen LogP contribution in [0.15, 0.2) is 55.6 Å². The van der Waals surface area contributed by atoms with Crippen molar-refractivity contribution in [2.75, 3.05) is 0 Å². The van der Waals surface area contributed by atoms with Crippen LogP contribution >= 0.6 is 0 Å². The molecular formula is C16H12N2O4. The molecule has 110 valence electrons. The highest BCUT2D eigenvalue weighted by molar-refractivity contribution is 5.77. The first-order valence-electron chi connectivity index (χ1n) is 6.66. The number of fused-ring (bicyclic) bond motifs is 1. The Morgan fingerprint density at radius 1 is 1.18 bits per heavy atom. The number of pyridine rings is 1. The molecule has 0 spiro atoms. The van der Waals surface area contributed by atoms with Crippen LogP contribution in [0.5, 0.6) is 0 Å². The van der Waals surface area contributed by atoms with Crippen molar-refractivity contribution in [3.63, 3.8) is 0 Å². The zero-order chi connectivity index (χ0) is 15.7. The summed E-state index contributed by atoms with van der Waals surface area (Å²) in [4.78, 5) is 36.5. The van der Waals surface area contributed by atoms with Gasteiger partial charge in [-0.3, -0.25) is 9.78 Å². The average Bonchev–Trinajstić information content (AvgIpc) is 2.51. The minimum Gasteiger partial charge on any atom is -0.405 e. The summed E-state index contributed by atoms with van der Waals surface area (Å²) in [5, 5.41) is 3.57. The maximum absolute atomic E-state index is 12.2. The van der Waals surface area contributed by atoms with E-state index < -0.39 is 5.63 Å². The SMILES string of the molecule is Cc1c(Cc2cccc(N=O)c2)c(=O)oc2[nH]c(=O)ccc12. The third kappa shape index (κ3) is 2.46. The van der Waals surface area contributed by atoms with Crippen LogP contribution in [0.25, 0.3) is 11.1 Å². The molecule has 0 saturated heterocycles. The number of benzene rings is 1. The molecule has 2 aromatic heterocycles. The fraction of sp³-hybridized carbons (Fsp3) is 0.125. The van der Waals surface area contributed by atoms with Crippen molar-refractivity contribution in [3.05, 3.63) is 78.8 Å². The largest absolute Gasteiger partial charge is 0.405 e. The molecule has 0 aliphatic carbocycles. The van der Waals surface area contributed by atoms with E-state index in [4.69, 9.17) is 4.42 Å². The van der Waals surface area contributed by atoms with E-state index in [1.165, 1.54) is 6.07 Å². The number of hydrogen-bond donors (Lipinski definition) is 1. The van der Waals surface area contributed by atoms with E-state index in [9.17, 15) is 14.5 Å². The first kappa shape index (κ1) is 13.9. The molecule has 1 aromatic carbocycles. The molecule has 3 rings (SSSR count). The second-order valence-electron chi connectivity index (χ2n) is 5.00. The number of aryl methyl sites for hydroxylation is 1. The van der Waals surface area contributed by atoms with Crippen LogP contribution < -0.4 is 11.2 Å². The normalized spacial score (nSPS) is 10.8. The molecule has 0 radical (unpaired) electrons. The van der Waals surface area contributed by atoms with Crippen molar-refractivity contribution in [1.82, 2.24) is 4.98 Å². The van der Waals surface area contributed by atoms with Gasteiger partial charge in [0.2, 0.25) is 5.71 Å². The Bertz CT molecular complexity index is 985. The fourth-order valence-electron chi connectivity index (χ4n) is 2.43. The molecule has 0 atom stereocenters. The van der Waals surface area contributed by atoms with Crippen LogP contribution in [-0.4, -0.2) is 4.98 Å². The zero-order valence-corrected chi connectivity index (χ0v) is 11.8. The van der Waals surface area contributed by atoms with Crippen LogP contribution in [0.3, 0.4) is 0 Å². The van der Waals surface area contributed by atoms with Gasteiger partial charge in [0.15, 0.2) is 0 Å². The third-order valence-electron chi connectivity index (χ3n) is 3.58. The first-order valence-corrected chi connectivity index (χ1v) is 6.66. The van der Waals surface area contributed by atoms with Crippen LogP contribution in [0.4, 0.5) is 5.69 Å². The molecule has 0 unspecified atom stereocenters. The van der Waals surface area contributed by atoms with Crippen LogP contribution in [0.1, 0.15) is 16.7 Å². The quantitative estimate of drug-likeness (QED) is 0.752. The van der Waals surface area contributed by atoms with Crippen LogP contribution in [0, 0.1) is 11.8 Å². The van der Waals surface area contributed by atoms with E-state index in [2.05, 4.69) is 10.2 Å². The summed E-state index contributed by atoms with van der Waals surface area (Å²) in [7, 11) is 0. The minimum atomic E-state index is -0.503. The number of aromatic amines is 1. The van der Waals surface area contributed by atoms with E-state index in [-0.39, 0.29) is 11.3 Å². The molecule has 6 nitrogen and oxygen atoms in total. The highest BCUT2D eigenvalue weighted by Crippen LogP contribution is 2.20. The maximum Gasteiger partial charge on any atom is 0.341 e. The second-order valence-corrected chi connectivity index (χ2v) is 5.00. The van der Waals surface area contributed by atoms with Crippen LogP contribution in [-0.2, 0) is 6.42 Å².